The molecular weight excluding hydrogens is 174 g/mol. The Bertz CT molecular complexity index is 301. The van der Waals surface area contributed by atoms with Gasteiger partial charge in [0.25, 0.3) is 0 Å². The van der Waals surface area contributed by atoms with E-state index in [2.05, 4.69) is 0 Å². The molecule has 1 aromatic rings. The molecule has 0 bridgehead atoms. The number of rotatable bonds is 1. The number of benzene rings is 1. The Labute approximate surface area is 90.1 Å². The molecule has 0 spiro atoms. The van der Waals surface area contributed by atoms with E-state index in [-0.39, 0.29) is 29.6 Å². The first-order chi connectivity index (χ1) is 5.11. The normalized spacial score (nSPS) is 8.75. The van der Waals surface area contributed by atoms with E-state index in [0.717, 1.165) is 18.2 Å². The van der Waals surface area contributed by atoms with Crippen molar-refractivity contribution in [3.63, 3.8) is 0 Å². The molecule has 0 saturated heterocycles. The zero-order chi connectivity index (χ0) is 8.43. The monoisotopic (exact) mass is 180 g/mol. The van der Waals surface area contributed by atoms with Gasteiger partial charge < -0.3 is 10.2 Å². The van der Waals surface area contributed by atoms with E-state index in [4.69, 9.17) is 10.2 Å². The molecule has 0 aromatic heterocycles. The van der Waals surface area contributed by atoms with Crippen LogP contribution < -0.4 is 0 Å². The molecule has 1 aromatic carbocycles. The zero-order valence-corrected chi connectivity index (χ0v) is 5.41. The second kappa shape index (κ2) is 4.45. The summed E-state index contributed by atoms with van der Waals surface area (Å²) >= 11 is 0. The average Bonchev–Trinajstić information content (AvgIpc) is 1.94. The molecule has 12 heavy (non-hydrogen) atoms. The van der Waals surface area contributed by atoms with Crippen molar-refractivity contribution < 1.29 is 19.4 Å². The first-order valence-electron chi connectivity index (χ1n) is 2.83. The fourth-order valence-corrected chi connectivity index (χ4v) is 0.680. The van der Waals surface area contributed by atoms with Gasteiger partial charge in [0.15, 0.2) is 0 Å². The molecular formula is C7H6FNaO3. The van der Waals surface area contributed by atoms with Crippen LogP contribution >= 0.6 is 0 Å². The summed E-state index contributed by atoms with van der Waals surface area (Å²) in [6.45, 7) is 0. The molecule has 0 heterocycles. The number of aromatic carboxylic acids is 1. The van der Waals surface area contributed by atoms with Crippen molar-refractivity contribution >= 4 is 35.5 Å². The molecule has 3 nitrogen and oxygen atoms in total. The van der Waals surface area contributed by atoms with Crippen LogP contribution in [0.15, 0.2) is 18.2 Å². The molecule has 0 saturated carbocycles. The maximum atomic E-state index is 12.3. The van der Waals surface area contributed by atoms with Gasteiger partial charge in [-0.1, -0.05) is 0 Å². The average molecular weight is 180 g/mol. The Hall–Kier alpha value is -0.580. The van der Waals surface area contributed by atoms with E-state index < -0.39 is 23.1 Å². The Balaban J connectivity index is 0.00000121. The second-order valence-corrected chi connectivity index (χ2v) is 1.97. The summed E-state index contributed by atoms with van der Waals surface area (Å²) in [5.41, 5.74) is -0.426. The summed E-state index contributed by atoms with van der Waals surface area (Å²) in [4.78, 5) is 10.2. The van der Waals surface area contributed by atoms with Crippen molar-refractivity contribution in [1.82, 2.24) is 0 Å². The summed E-state index contributed by atoms with van der Waals surface area (Å²) in [5, 5.41) is 17.2. The van der Waals surface area contributed by atoms with Crippen LogP contribution in [-0.4, -0.2) is 45.7 Å². The van der Waals surface area contributed by atoms with Gasteiger partial charge in [-0.15, -0.1) is 0 Å². The van der Waals surface area contributed by atoms with E-state index >= 15 is 0 Å². The Morgan fingerprint density at radius 1 is 1.42 bits per heavy atom. The second-order valence-electron chi connectivity index (χ2n) is 1.97. The van der Waals surface area contributed by atoms with Crippen LogP contribution in [0.25, 0.3) is 0 Å². The predicted molar refractivity (Wildman–Crippen MR) is 42.2 cm³/mol. The van der Waals surface area contributed by atoms with Crippen molar-refractivity contribution in [2.24, 2.45) is 0 Å². The zero-order valence-electron chi connectivity index (χ0n) is 5.41. The fraction of sp³-hybridized carbons (Fsp3) is 0. The quantitative estimate of drug-likeness (QED) is 0.621. The van der Waals surface area contributed by atoms with Gasteiger partial charge >= 0.3 is 35.5 Å². The van der Waals surface area contributed by atoms with Crippen LogP contribution in [0.2, 0.25) is 0 Å². The molecule has 0 aliphatic heterocycles. The number of hydrogen-bond acceptors (Lipinski definition) is 2. The van der Waals surface area contributed by atoms with Crippen molar-refractivity contribution in [1.29, 1.82) is 0 Å². The molecule has 1 rings (SSSR count). The van der Waals surface area contributed by atoms with Gasteiger partial charge in [0.2, 0.25) is 0 Å². The molecule has 0 amide bonds. The van der Waals surface area contributed by atoms with E-state index in [1.165, 1.54) is 0 Å². The fourth-order valence-electron chi connectivity index (χ4n) is 0.680. The molecule has 0 atom stereocenters. The summed E-state index contributed by atoms with van der Waals surface area (Å²) in [5.74, 6) is -2.46. The number of carboxylic acids is 1. The summed E-state index contributed by atoms with van der Waals surface area (Å²) in [6.07, 6.45) is 0. The summed E-state index contributed by atoms with van der Waals surface area (Å²) in [6, 6.07) is 2.75. The minimum atomic E-state index is -1.35. The van der Waals surface area contributed by atoms with Crippen LogP contribution in [0.4, 0.5) is 4.39 Å². The van der Waals surface area contributed by atoms with E-state index in [1.54, 1.807) is 0 Å². The number of hydrogen-bond donors (Lipinski definition) is 2. The molecule has 0 unspecified atom stereocenters. The standard InChI is InChI=1S/C7H5FO3.Na.H/c8-4-1-2-6(9)5(3-4)7(10)11;;/h1-3,9H,(H,10,11);;. The minimum absolute atomic E-state index is 0. The van der Waals surface area contributed by atoms with Crippen LogP contribution in [0.1, 0.15) is 10.4 Å². The third-order valence-electron chi connectivity index (χ3n) is 1.19. The van der Waals surface area contributed by atoms with E-state index in [0.29, 0.717) is 0 Å². The Morgan fingerprint density at radius 2 is 2.00 bits per heavy atom. The summed E-state index contributed by atoms with van der Waals surface area (Å²) in [7, 11) is 0. The van der Waals surface area contributed by atoms with Gasteiger partial charge in [-0.25, -0.2) is 9.18 Å². The number of phenols is 1. The third kappa shape index (κ3) is 2.48. The SMILES string of the molecule is O=C(O)c1cc(F)ccc1O.[NaH]. The van der Waals surface area contributed by atoms with Gasteiger partial charge in [0.05, 0.1) is 0 Å². The molecule has 0 fully saturated rings. The Morgan fingerprint density at radius 3 is 2.42 bits per heavy atom. The van der Waals surface area contributed by atoms with Gasteiger partial charge in [-0.3, -0.25) is 0 Å². The first-order valence-corrected chi connectivity index (χ1v) is 2.83. The number of aromatic hydroxyl groups is 1. The van der Waals surface area contributed by atoms with Crippen molar-refractivity contribution in [2.75, 3.05) is 0 Å². The van der Waals surface area contributed by atoms with Crippen LogP contribution in [-0.2, 0) is 0 Å². The third-order valence-corrected chi connectivity index (χ3v) is 1.19. The van der Waals surface area contributed by atoms with Crippen LogP contribution in [0, 0.1) is 5.82 Å². The van der Waals surface area contributed by atoms with Crippen molar-refractivity contribution in [2.45, 2.75) is 0 Å². The topological polar surface area (TPSA) is 57.5 Å². The van der Waals surface area contributed by atoms with Gasteiger partial charge in [-0.05, 0) is 18.2 Å². The molecule has 0 aliphatic rings. The van der Waals surface area contributed by atoms with Crippen LogP contribution in [0.5, 0.6) is 5.75 Å². The number of carboxylic acid groups (broad SMARTS) is 1. The van der Waals surface area contributed by atoms with Crippen molar-refractivity contribution in [3.05, 3.63) is 29.6 Å². The Kier molecular flexibility index (Phi) is 4.23. The van der Waals surface area contributed by atoms with Gasteiger partial charge in [-0.2, -0.15) is 0 Å². The van der Waals surface area contributed by atoms with Crippen molar-refractivity contribution in [3.8, 4) is 5.75 Å². The van der Waals surface area contributed by atoms with Gasteiger partial charge in [0.1, 0.15) is 17.1 Å². The number of halogens is 1. The maximum absolute atomic E-state index is 12.3. The molecule has 0 aliphatic carbocycles. The molecule has 0 radical (unpaired) electrons. The summed E-state index contributed by atoms with van der Waals surface area (Å²) < 4.78 is 12.3. The predicted octanol–water partition coefficient (Wildman–Crippen LogP) is 0.581. The molecule has 5 heteroatoms. The number of carbonyl (C=O) groups is 1. The van der Waals surface area contributed by atoms with Crippen LogP contribution in [0.3, 0.4) is 0 Å². The first kappa shape index (κ1) is 11.4. The molecule has 2 N–H and O–H groups in total. The van der Waals surface area contributed by atoms with E-state index in [9.17, 15) is 9.18 Å². The van der Waals surface area contributed by atoms with E-state index in [1.807, 2.05) is 0 Å². The molecule has 60 valence electrons. The van der Waals surface area contributed by atoms with Gasteiger partial charge in [0, 0.05) is 0 Å².